The largest absolute Gasteiger partial charge is 0.361 e. The Balaban J connectivity index is 2.70. The minimum atomic E-state index is 0.183. The normalized spacial score (nSPS) is 24.8. The lowest BCUT2D eigenvalue weighted by molar-refractivity contribution is -0.105. The van der Waals surface area contributed by atoms with Crippen LogP contribution >= 0.6 is 27.7 Å². The smallest absolute Gasteiger partial charge is 0.166 e. The molecule has 0 bridgehead atoms. The molecule has 1 unspecified atom stereocenters. The van der Waals surface area contributed by atoms with E-state index in [4.69, 9.17) is 0 Å². The molecule has 0 saturated carbocycles. The number of halogens is 1. The number of carbonyl (C=O) groups excluding carboxylic acids is 1. The summed E-state index contributed by atoms with van der Waals surface area (Å²) in [5.74, 6) is 0. The molecule has 1 heterocycles. The maximum absolute atomic E-state index is 10.4. The molecule has 1 rings (SSSR count). The monoisotopic (exact) mass is 221 g/mol. The van der Waals surface area contributed by atoms with Gasteiger partial charge >= 0.3 is 0 Å². The van der Waals surface area contributed by atoms with E-state index < -0.39 is 0 Å². The van der Waals surface area contributed by atoms with Gasteiger partial charge in [0.05, 0.1) is 5.70 Å². The molecule has 10 heavy (non-hydrogen) atoms. The van der Waals surface area contributed by atoms with Gasteiger partial charge in [0.15, 0.2) is 6.29 Å². The molecule has 1 aliphatic heterocycles. The number of allylic oxidation sites excluding steroid dienone is 2. The minimum Gasteiger partial charge on any atom is -0.361 e. The van der Waals surface area contributed by atoms with Crippen LogP contribution < -0.4 is 5.32 Å². The van der Waals surface area contributed by atoms with Crippen LogP contribution in [0.3, 0.4) is 0 Å². The number of hydrogen-bond donors (Lipinski definition) is 1. The lowest BCUT2D eigenvalue weighted by atomic mass is 10.3. The Labute approximate surface area is 72.6 Å². The Morgan fingerprint density at radius 3 is 3.00 bits per heavy atom. The Kier molecular flexibility index (Phi) is 2.80. The Morgan fingerprint density at radius 2 is 2.60 bits per heavy atom. The number of thioether (sulfide) groups is 1. The zero-order valence-electron chi connectivity index (χ0n) is 5.56. The third kappa shape index (κ3) is 1.55. The first kappa shape index (κ1) is 8.14. The van der Waals surface area contributed by atoms with Gasteiger partial charge in [0, 0.05) is 4.91 Å². The van der Waals surface area contributed by atoms with E-state index in [9.17, 15) is 4.79 Å². The van der Waals surface area contributed by atoms with Crippen LogP contribution in [0.5, 0.6) is 0 Å². The number of rotatable bonds is 2. The van der Waals surface area contributed by atoms with E-state index in [1.807, 2.05) is 6.92 Å². The molecule has 0 aromatic rings. The third-order valence-corrected chi connectivity index (χ3v) is 3.16. The number of carbonyl (C=O) groups is 1. The van der Waals surface area contributed by atoms with Crippen molar-refractivity contribution >= 4 is 34.0 Å². The molecule has 0 radical (unpaired) electrons. The maximum Gasteiger partial charge on any atom is 0.166 e. The predicted molar refractivity (Wildman–Crippen MR) is 46.8 cm³/mol. The fourth-order valence-corrected chi connectivity index (χ4v) is 2.55. The standard InChI is InChI=1S/C6H8BrNOS/c1-2-5-4(3-9)8-6(7)10-5/h3,6,8H,2H2,1H3. The van der Waals surface area contributed by atoms with Gasteiger partial charge in [0.2, 0.25) is 0 Å². The molecule has 0 spiro atoms. The first-order valence-corrected chi connectivity index (χ1v) is 4.83. The van der Waals surface area contributed by atoms with Gasteiger partial charge in [0.25, 0.3) is 0 Å². The first-order valence-electron chi connectivity index (χ1n) is 3.03. The van der Waals surface area contributed by atoms with Crippen molar-refractivity contribution in [1.29, 1.82) is 0 Å². The third-order valence-electron chi connectivity index (χ3n) is 1.25. The van der Waals surface area contributed by atoms with Crippen molar-refractivity contribution in [3.8, 4) is 0 Å². The highest BCUT2D eigenvalue weighted by atomic mass is 79.9. The topological polar surface area (TPSA) is 29.1 Å². The molecular formula is C6H8BrNOS. The summed E-state index contributed by atoms with van der Waals surface area (Å²) in [6, 6.07) is 0. The number of aldehydes is 1. The Hall–Kier alpha value is 0.0400. The van der Waals surface area contributed by atoms with Crippen LogP contribution in [0.1, 0.15) is 13.3 Å². The molecular weight excluding hydrogens is 214 g/mol. The molecule has 0 amide bonds. The van der Waals surface area contributed by atoms with Gasteiger partial charge in [-0.3, -0.25) is 4.79 Å². The van der Waals surface area contributed by atoms with Crippen LogP contribution in [0.15, 0.2) is 10.6 Å². The van der Waals surface area contributed by atoms with Gasteiger partial charge in [-0.15, -0.1) is 0 Å². The van der Waals surface area contributed by atoms with E-state index in [2.05, 4.69) is 21.2 Å². The Morgan fingerprint density at radius 1 is 1.90 bits per heavy atom. The van der Waals surface area contributed by atoms with Crippen molar-refractivity contribution in [3.63, 3.8) is 0 Å². The fraction of sp³-hybridized carbons (Fsp3) is 0.500. The molecule has 0 aromatic carbocycles. The average Bonchev–Trinajstić information content (AvgIpc) is 2.30. The van der Waals surface area contributed by atoms with Gasteiger partial charge in [0.1, 0.15) is 4.28 Å². The van der Waals surface area contributed by atoms with Gasteiger partial charge in [-0.25, -0.2) is 0 Å². The Bertz CT molecular complexity index is 181. The number of nitrogens with one attached hydrogen (secondary N) is 1. The van der Waals surface area contributed by atoms with E-state index in [1.165, 1.54) is 0 Å². The summed E-state index contributed by atoms with van der Waals surface area (Å²) in [7, 11) is 0. The second-order valence-electron chi connectivity index (χ2n) is 1.89. The van der Waals surface area contributed by atoms with E-state index in [-0.39, 0.29) is 4.28 Å². The van der Waals surface area contributed by atoms with Crippen molar-refractivity contribution in [1.82, 2.24) is 5.32 Å². The van der Waals surface area contributed by atoms with E-state index >= 15 is 0 Å². The van der Waals surface area contributed by atoms with Crippen LogP contribution in [-0.4, -0.2) is 10.6 Å². The quantitative estimate of drug-likeness (QED) is 0.439. The summed E-state index contributed by atoms with van der Waals surface area (Å²) in [6.45, 7) is 2.04. The van der Waals surface area contributed by atoms with E-state index in [1.54, 1.807) is 11.8 Å². The zero-order chi connectivity index (χ0) is 7.56. The van der Waals surface area contributed by atoms with Crippen LogP contribution in [-0.2, 0) is 4.79 Å². The second kappa shape index (κ2) is 3.44. The van der Waals surface area contributed by atoms with Gasteiger partial charge < -0.3 is 5.32 Å². The second-order valence-corrected chi connectivity index (χ2v) is 4.61. The van der Waals surface area contributed by atoms with Crippen LogP contribution in [0.25, 0.3) is 0 Å². The molecule has 0 aliphatic carbocycles. The highest BCUT2D eigenvalue weighted by Crippen LogP contribution is 2.34. The van der Waals surface area contributed by atoms with Crippen molar-refractivity contribution in [3.05, 3.63) is 10.6 Å². The lowest BCUT2D eigenvalue weighted by Crippen LogP contribution is -2.14. The molecule has 0 aromatic heterocycles. The van der Waals surface area contributed by atoms with Crippen molar-refractivity contribution in [2.24, 2.45) is 0 Å². The molecule has 1 N–H and O–H groups in total. The van der Waals surface area contributed by atoms with Crippen LogP contribution in [0, 0.1) is 0 Å². The van der Waals surface area contributed by atoms with Crippen LogP contribution in [0.4, 0.5) is 0 Å². The first-order chi connectivity index (χ1) is 4.77. The van der Waals surface area contributed by atoms with Gasteiger partial charge in [-0.05, 0) is 6.42 Å². The number of alkyl halides is 1. The molecule has 0 saturated heterocycles. The summed E-state index contributed by atoms with van der Waals surface area (Å²) in [4.78, 5) is 11.5. The fourth-order valence-electron chi connectivity index (χ4n) is 0.794. The zero-order valence-corrected chi connectivity index (χ0v) is 7.96. The SMILES string of the molecule is CCC1=C(C=O)NC(Br)S1. The van der Waals surface area contributed by atoms with Crippen LogP contribution in [0.2, 0.25) is 0 Å². The molecule has 4 heteroatoms. The highest BCUT2D eigenvalue weighted by Gasteiger charge is 2.19. The van der Waals surface area contributed by atoms with E-state index in [0.717, 1.165) is 23.3 Å². The molecule has 2 nitrogen and oxygen atoms in total. The summed E-state index contributed by atoms with van der Waals surface area (Å²) in [5, 5.41) is 3.00. The van der Waals surface area contributed by atoms with Crippen molar-refractivity contribution < 1.29 is 4.79 Å². The average molecular weight is 222 g/mol. The highest BCUT2D eigenvalue weighted by molar-refractivity contribution is 9.11. The summed E-state index contributed by atoms with van der Waals surface area (Å²) >= 11 is 5.00. The molecule has 1 aliphatic rings. The molecule has 0 fully saturated rings. The van der Waals surface area contributed by atoms with Gasteiger partial charge in [-0.1, -0.05) is 34.6 Å². The van der Waals surface area contributed by atoms with Crippen molar-refractivity contribution in [2.45, 2.75) is 17.6 Å². The summed E-state index contributed by atoms with van der Waals surface area (Å²) < 4.78 is 0.183. The van der Waals surface area contributed by atoms with Crippen molar-refractivity contribution in [2.75, 3.05) is 0 Å². The summed E-state index contributed by atoms with van der Waals surface area (Å²) in [6.07, 6.45) is 1.79. The van der Waals surface area contributed by atoms with E-state index in [0.29, 0.717) is 0 Å². The maximum atomic E-state index is 10.4. The lowest BCUT2D eigenvalue weighted by Gasteiger charge is -1.97. The predicted octanol–water partition coefficient (Wildman–Crippen LogP) is 1.82. The number of hydrogen-bond acceptors (Lipinski definition) is 3. The summed E-state index contributed by atoms with van der Waals surface area (Å²) in [5.41, 5.74) is 0.731. The minimum absolute atomic E-state index is 0.183. The van der Waals surface area contributed by atoms with Gasteiger partial charge in [-0.2, -0.15) is 0 Å². The molecule has 1 atom stereocenters. The molecule has 56 valence electrons.